The van der Waals surface area contributed by atoms with Gasteiger partial charge in [-0.3, -0.25) is 0 Å². The summed E-state index contributed by atoms with van der Waals surface area (Å²) >= 11 is 7.84. The molecule has 0 radical (unpaired) electrons. The first-order chi connectivity index (χ1) is 10.0. The van der Waals surface area contributed by atoms with Crippen LogP contribution in [0.2, 0.25) is 5.02 Å². The first-order valence-electron chi connectivity index (χ1n) is 7.24. The van der Waals surface area contributed by atoms with Crippen LogP contribution in [0, 0.1) is 0 Å². The predicted molar refractivity (Wildman–Crippen MR) is 89.8 cm³/mol. The van der Waals surface area contributed by atoms with Gasteiger partial charge in [-0.15, -0.1) is 11.3 Å². The third-order valence-electron chi connectivity index (χ3n) is 3.89. The highest BCUT2D eigenvalue weighted by Gasteiger charge is 2.25. The molecule has 1 N–H and O–H groups in total. The average Bonchev–Trinajstić information content (AvgIpc) is 3.06. The van der Waals surface area contributed by atoms with Crippen molar-refractivity contribution in [1.29, 1.82) is 0 Å². The standard InChI is InChI=1S/C17H20ClNOS/c1-17(2,16-4-3-7-21-16)11-19-10-14-9-12-8-13(18)5-6-15(12)20-14/h3-8,14,19H,9-11H2,1-2H3. The fourth-order valence-electron chi connectivity index (χ4n) is 2.70. The van der Waals surface area contributed by atoms with Crippen molar-refractivity contribution in [2.45, 2.75) is 31.8 Å². The van der Waals surface area contributed by atoms with Gasteiger partial charge in [-0.2, -0.15) is 0 Å². The lowest BCUT2D eigenvalue weighted by atomic mass is 9.91. The number of halogens is 1. The molecule has 0 bridgehead atoms. The molecule has 2 nitrogen and oxygen atoms in total. The molecule has 2 aromatic rings. The third-order valence-corrected chi connectivity index (χ3v) is 5.36. The van der Waals surface area contributed by atoms with Crippen molar-refractivity contribution in [1.82, 2.24) is 5.32 Å². The highest BCUT2D eigenvalue weighted by atomic mass is 35.5. The minimum Gasteiger partial charge on any atom is -0.488 e. The summed E-state index contributed by atoms with van der Waals surface area (Å²) in [4.78, 5) is 1.41. The van der Waals surface area contributed by atoms with E-state index in [-0.39, 0.29) is 11.5 Å². The Hall–Kier alpha value is -1.03. The van der Waals surface area contributed by atoms with Gasteiger partial charge in [0, 0.05) is 34.8 Å². The first kappa shape index (κ1) is 14.9. The Kier molecular flexibility index (Phi) is 4.25. The maximum absolute atomic E-state index is 6.02. The molecule has 1 aliphatic heterocycles. The number of nitrogens with one attached hydrogen (secondary N) is 1. The molecule has 1 unspecified atom stereocenters. The van der Waals surface area contributed by atoms with Gasteiger partial charge in [0.1, 0.15) is 11.9 Å². The van der Waals surface area contributed by atoms with Crippen LogP contribution >= 0.6 is 22.9 Å². The molecule has 112 valence electrons. The summed E-state index contributed by atoms with van der Waals surface area (Å²) in [5.41, 5.74) is 1.37. The molecule has 3 rings (SSSR count). The van der Waals surface area contributed by atoms with Crippen LogP contribution in [0.15, 0.2) is 35.7 Å². The summed E-state index contributed by atoms with van der Waals surface area (Å²) in [5, 5.41) is 6.47. The van der Waals surface area contributed by atoms with Crippen molar-refractivity contribution >= 4 is 22.9 Å². The second-order valence-electron chi connectivity index (χ2n) is 6.19. The van der Waals surface area contributed by atoms with Gasteiger partial charge in [-0.25, -0.2) is 0 Å². The normalized spacial score (nSPS) is 17.6. The number of hydrogen-bond donors (Lipinski definition) is 1. The second kappa shape index (κ2) is 5.99. The van der Waals surface area contributed by atoms with Crippen LogP contribution in [0.25, 0.3) is 0 Å². The molecular weight excluding hydrogens is 302 g/mol. The third kappa shape index (κ3) is 3.42. The Morgan fingerprint density at radius 3 is 3.00 bits per heavy atom. The second-order valence-corrected chi connectivity index (χ2v) is 7.57. The van der Waals surface area contributed by atoms with Crippen molar-refractivity contribution in [3.8, 4) is 5.75 Å². The first-order valence-corrected chi connectivity index (χ1v) is 8.50. The number of hydrogen-bond acceptors (Lipinski definition) is 3. The lowest BCUT2D eigenvalue weighted by Crippen LogP contribution is -2.38. The molecule has 0 spiro atoms. The van der Waals surface area contributed by atoms with E-state index in [4.69, 9.17) is 16.3 Å². The van der Waals surface area contributed by atoms with Crippen LogP contribution in [0.1, 0.15) is 24.3 Å². The molecule has 0 aliphatic carbocycles. The zero-order valence-corrected chi connectivity index (χ0v) is 13.9. The van der Waals surface area contributed by atoms with E-state index in [1.807, 2.05) is 29.5 Å². The maximum atomic E-state index is 6.02. The zero-order valence-electron chi connectivity index (χ0n) is 12.4. The molecule has 0 saturated heterocycles. The molecule has 0 amide bonds. The molecule has 1 aliphatic rings. The zero-order chi connectivity index (χ0) is 14.9. The molecule has 1 aromatic carbocycles. The molecule has 1 atom stereocenters. The van der Waals surface area contributed by atoms with Crippen molar-refractivity contribution in [2.24, 2.45) is 0 Å². The van der Waals surface area contributed by atoms with E-state index in [2.05, 4.69) is 36.7 Å². The van der Waals surface area contributed by atoms with E-state index in [0.29, 0.717) is 0 Å². The van der Waals surface area contributed by atoms with Gasteiger partial charge in [0.05, 0.1) is 0 Å². The minimum absolute atomic E-state index is 0.156. The number of ether oxygens (including phenoxy) is 1. The summed E-state index contributed by atoms with van der Waals surface area (Å²) in [6, 6.07) is 10.2. The fourth-order valence-corrected chi connectivity index (χ4v) is 3.75. The van der Waals surface area contributed by atoms with E-state index in [1.54, 1.807) is 0 Å². The number of rotatable bonds is 5. The minimum atomic E-state index is 0.156. The highest BCUT2D eigenvalue weighted by Crippen LogP contribution is 2.31. The summed E-state index contributed by atoms with van der Waals surface area (Å²) < 4.78 is 5.95. The molecule has 21 heavy (non-hydrogen) atoms. The van der Waals surface area contributed by atoms with Crippen LogP contribution < -0.4 is 10.1 Å². The van der Waals surface area contributed by atoms with Crippen molar-refractivity contribution in [3.63, 3.8) is 0 Å². The molecule has 1 aromatic heterocycles. The van der Waals surface area contributed by atoms with Gasteiger partial charge >= 0.3 is 0 Å². The van der Waals surface area contributed by atoms with Gasteiger partial charge < -0.3 is 10.1 Å². The Morgan fingerprint density at radius 2 is 2.24 bits per heavy atom. The van der Waals surface area contributed by atoms with Crippen LogP contribution in [0.4, 0.5) is 0 Å². The van der Waals surface area contributed by atoms with Crippen LogP contribution in [-0.4, -0.2) is 19.2 Å². The molecule has 4 heteroatoms. The highest BCUT2D eigenvalue weighted by molar-refractivity contribution is 7.10. The maximum Gasteiger partial charge on any atom is 0.123 e. The Balaban J connectivity index is 1.51. The van der Waals surface area contributed by atoms with E-state index in [9.17, 15) is 0 Å². The van der Waals surface area contributed by atoms with E-state index < -0.39 is 0 Å². The van der Waals surface area contributed by atoms with E-state index >= 15 is 0 Å². The Morgan fingerprint density at radius 1 is 1.38 bits per heavy atom. The summed E-state index contributed by atoms with van der Waals surface area (Å²) in [6.45, 7) is 6.36. The van der Waals surface area contributed by atoms with Gasteiger partial charge in [-0.05, 0) is 35.2 Å². The predicted octanol–water partition coefficient (Wildman–Crippen LogP) is 4.27. The number of thiophene rings is 1. The van der Waals surface area contributed by atoms with Crippen molar-refractivity contribution in [2.75, 3.05) is 13.1 Å². The van der Waals surface area contributed by atoms with Gasteiger partial charge in [0.25, 0.3) is 0 Å². The van der Waals surface area contributed by atoms with Crippen LogP contribution in [0.5, 0.6) is 5.75 Å². The van der Waals surface area contributed by atoms with Gasteiger partial charge in [0.15, 0.2) is 0 Å². The molecule has 0 fully saturated rings. The topological polar surface area (TPSA) is 21.3 Å². The quantitative estimate of drug-likeness (QED) is 0.888. The number of benzene rings is 1. The number of fused-ring (bicyclic) bond motifs is 1. The molecule has 0 saturated carbocycles. The van der Waals surface area contributed by atoms with Crippen LogP contribution in [-0.2, 0) is 11.8 Å². The Bertz CT molecular complexity index is 609. The average molecular weight is 322 g/mol. The summed E-state index contributed by atoms with van der Waals surface area (Å²) in [7, 11) is 0. The van der Waals surface area contributed by atoms with E-state index in [0.717, 1.165) is 30.3 Å². The summed E-state index contributed by atoms with van der Waals surface area (Å²) in [6.07, 6.45) is 1.14. The molecule has 2 heterocycles. The Labute approximate surface area is 135 Å². The largest absolute Gasteiger partial charge is 0.488 e. The monoisotopic (exact) mass is 321 g/mol. The lowest BCUT2D eigenvalue weighted by Gasteiger charge is -2.24. The van der Waals surface area contributed by atoms with E-state index in [1.165, 1.54) is 10.4 Å². The van der Waals surface area contributed by atoms with Crippen molar-refractivity contribution < 1.29 is 4.74 Å². The van der Waals surface area contributed by atoms with Gasteiger partial charge in [0.2, 0.25) is 0 Å². The van der Waals surface area contributed by atoms with Gasteiger partial charge in [-0.1, -0.05) is 31.5 Å². The SMILES string of the molecule is CC(C)(CNCC1Cc2cc(Cl)ccc2O1)c1cccs1. The summed E-state index contributed by atoms with van der Waals surface area (Å²) in [5.74, 6) is 0.976. The van der Waals surface area contributed by atoms with Crippen molar-refractivity contribution in [3.05, 3.63) is 51.2 Å². The fraction of sp³-hybridized carbons (Fsp3) is 0.412. The lowest BCUT2D eigenvalue weighted by molar-refractivity contribution is 0.224. The smallest absolute Gasteiger partial charge is 0.123 e. The molecular formula is C17H20ClNOS. The van der Waals surface area contributed by atoms with Crippen LogP contribution in [0.3, 0.4) is 0 Å².